The van der Waals surface area contributed by atoms with E-state index in [-0.39, 0.29) is 17.6 Å². The van der Waals surface area contributed by atoms with Crippen LogP contribution in [0.3, 0.4) is 0 Å². The Balaban J connectivity index is 1.21. The van der Waals surface area contributed by atoms with Crippen LogP contribution in [0.4, 0.5) is 4.39 Å². The quantitative estimate of drug-likeness (QED) is 0.688. The molecule has 0 radical (unpaired) electrons. The zero-order chi connectivity index (χ0) is 22.3. The fourth-order valence-corrected chi connectivity index (χ4v) is 4.15. The lowest BCUT2D eigenvalue weighted by molar-refractivity contribution is 0.0302. The summed E-state index contributed by atoms with van der Waals surface area (Å²) in [7, 11) is 0. The van der Waals surface area contributed by atoms with E-state index >= 15 is 0 Å². The van der Waals surface area contributed by atoms with Gasteiger partial charge in [-0.1, -0.05) is 0 Å². The average molecular weight is 441 g/mol. The van der Waals surface area contributed by atoms with Crippen LogP contribution in [0, 0.1) is 5.82 Å². The van der Waals surface area contributed by atoms with Crippen molar-refractivity contribution in [3.05, 3.63) is 65.2 Å². The first-order valence-corrected chi connectivity index (χ1v) is 11.2. The molecule has 2 fully saturated rings. The van der Waals surface area contributed by atoms with Crippen LogP contribution in [-0.4, -0.2) is 90.5 Å². The van der Waals surface area contributed by atoms with Crippen LogP contribution in [0.25, 0.3) is 0 Å². The molecule has 3 heterocycles. The van der Waals surface area contributed by atoms with Gasteiger partial charge in [-0.05, 0) is 55.3 Å². The Hall–Kier alpha value is -2.84. The van der Waals surface area contributed by atoms with Gasteiger partial charge in [-0.2, -0.15) is 0 Å². The fourth-order valence-electron chi connectivity index (χ4n) is 4.15. The lowest BCUT2D eigenvalue weighted by Gasteiger charge is -2.34. The van der Waals surface area contributed by atoms with E-state index in [1.165, 1.54) is 24.3 Å². The molecule has 0 N–H and O–H groups in total. The summed E-state index contributed by atoms with van der Waals surface area (Å²) in [5.74, 6) is -0.361. The third-order valence-corrected chi connectivity index (χ3v) is 6.03. The Morgan fingerprint density at radius 2 is 1.53 bits per heavy atom. The van der Waals surface area contributed by atoms with Crippen molar-refractivity contribution in [1.29, 1.82) is 0 Å². The van der Waals surface area contributed by atoms with Crippen LogP contribution >= 0.6 is 0 Å². The van der Waals surface area contributed by atoms with E-state index in [4.69, 9.17) is 4.74 Å². The number of benzene rings is 1. The molecule has 2 aromatic rings. The number of carbonyl (C=O) groups is 2. The van der Waals surface area contributed by atoms with E-state index in [0.29, 0.717) is 50.5 Å². The SMILES string of the molecule is O=C(c1cncc(CCCN2CCN(C(=O)c3ccc(F)cc3)CC2)c1)N1CCOCC1. The number of aryl methyl sites for hydroxylation is 1. The van der Waals surface area contributed by atoms with Crippen LogP contribution < -0.4 is 0 Å². The number of piperazine rings is 1. The van der Waals surface area contributed by atoms with Crippen molar-refractivity contribution in [3.8, 4) is 0 Å². The minimum Gasteiger partial charge on any atom is -0.378 e. The maximum atomic E-state index is 13.1. The molecular formula is C24H29FN4O3. The predicted molar refractivity (Wildman–Crippen MR) is 118 cm³/mol. The minimum absolute atomic E-state index is 0.0181. The minimum atomic E-state index is -0.336. The maximum absolute atomic E-state index is 13.1. The van der Waals surface area contributed by atoms with Gasteiger partial charge in [0.1, 0.15) is 5.82 Å². The molecule has 0 atom stereocenters. The van der Waals surface area contributed by atoms with Crippen molar-refractivity contribution < 1.29 is 18.7 Å². The normalized spacial score (nSPS) is 17.4. The van der Waals surface area contributed by atoms with Crippen LogP contribution in [0.5, 0.6) is 0 Å². The van der Waals surface area contributed by atoms with Crippen LogP contribution in [0.15, 0.2) is 42.7 Å². The fraction of sp³-hybridized carbons (Fsp3) is 0.458. The number of morpholine rings is 1. The first-order chi connectivity index (χ1) is 15.6. The van der Waals surface area contributed by atoms with Gasteiger partial charge in [0, 0.05) is 57.2 Å². The summed E-state index contributed by atoms with van der Waals surface area (Å²) in [4.78, 5) is 35.5. The highest BCUT2D eigenvalue weighted by Crippen LogP contribution is 2.13. The summed E-state index contributed by atoms with van der Waals surface area (Å²) in [6, 6.07) is 7.67. The number of hydrogen-bond donors (Lipinski definition) is 0. The third kappa shape index (κ3) is 5.69. The molecule has 1 aromatic heterocycles. The standard InChI is InChI=1S/C24H29FN4O3/c25-22-5-3-20(4-6-22)23(30)28-10-8-27(9-11-28)7-1-2-19-16-21(18-26-17-19)24(31)29-12-14-32-15-13-29/h3-6,16-18H,1-2,7-15H2. The summed E-state index contributed by atoms with van der Waals surface area (Å²) < 4.78 is 18.4. The molecule has 4 rings (SSSR count). The zero-order valence-electron chi connectivity index (χ0n) is 18.2. The van der Waals surface area contributed by atoms with Gasteiger partial charge >= 0.3 is 0 Å². The summed E-state index contributed by atoms with van der Waals surface area (Å²) in [6.07, 6.45) is 5.28. The molecule has 2 saturated heterocycles. The number of ether oxygens (including phenoxy) is 1. The van der Waals surface area contributed by atoms with Crippen molar-refractivity contribution in [2.75, 3.05) is 59.0 Å². The van der Waals surface area contributed by atoms with Crippen molar-refractivity contribution in [3.63, 3.8) is 0 Å². The largest absolute Gasteiger partial charge is 0.378 e. The van der Waals surface area contributed by atoms with Crippen molar-refractivity contribution >= 4 is 11.8 Å². The lowest BCUT2D eigenvalue weighted by atomic mass is 10.1. The van der Waals surface area contributed by atoms with Crippen LogP contribution in [-0.2, 0) is 11.2 Å². The number of aromatic nitrogens is 1. The van der Waals surface area contributed by atoms with E-state index in [9.17, 15) is 14.0 Å². The molecule has 0 bridgehead atoms. The highest BCUT2D eigenvalue weighted by Gasteiger charge is 2.22. The second-order valence-electron chi connectivity index (χ2n) is 8.23. The molecule has 8 heteroatoms. The Bertz CT molecular complexity index is 923. The molecule has 1 aromatic carbocycles. The van der Waals surface area contributed by atoms with Gasteiger partial charge in [0.25, 0.3) is 11.8 Å². The van der Waals surface area contributed by atoms with Gasteiger partial charge in [-0.25, -0.2) is 4.39 Å². The van der Waals surface area contributed by atoms with E-state index in [0.717, 1.165) is 38.0 Å². The van der Waals surface area contributed by atoms with Gasteiger partial charge in [-0.3, -0.25) is 19.5 Å². The van der Waals surface area contributed by atoms with Gasteiger partial charge in [0.2, 0.25) is 0 Å². The van der Waals surface area contributed by atoms with Crippen molar-refractivity contribution in [2.24, 2.45) is 0 Å². The van der Waals surface area contributed by atoms with E-state index < -0.39 is 0 Å². The first kappa shape index (κ1) is 22.4. The Morgan fingerprint density at radius 3 is 2.25 bits per heavy atom. The topological polar surface area (TPSA) is 66.0 Å². The Labute approximate surface area is 187 Å². The number of rotatable bonds is 6. The Kier molecular flexibility index (Phi) is 7.44. The number of amides is 2. The average Bonchev–Trinajstić information content (AvgIpc) is 2.85. The van der Waals surface area contributed by atoms with Crippen LogP contribution in [0.1, 0.15) is 32.7 Å². The molecule has 0 spiro atoms. The third-order valence-electron chi connectivity index (χ3n) is 6.03. The van der Waals surface area contributed by atoms with Gasteiger partial charge in [0.15, 0.2) is 0 Å². The van der Waals surface area contributed by atoms with E-state index in [1.807, 2.05) is 22.1 Å². The monoisotopic (exact) mass is 440 g/mol. The molecule has 170 valence electrons. The second-order valence-corrected chi connectivity index (χ2v) is 8.23. The first-order valence-electron chi connectivity index (χ1n) is 11.2. The predicted octanol–water partition coefficient (Wildman–Crippen LogP) is 2.08. The maximum Gasteiger partial charge on any atom is 0.255 e. The smallest absolute Gasteiger partial charge is 0.255 e. The summed E-state index contributed by atoms with van der Waals surface area (Å²) in [6.45, 7) is 6.32. The zero-order valence-corrected chi connectivity index (χ0v) is 18.2. The number of carbonyl (C=O) groups excluding carboxylic acids is 2. The molecule has 0 unspecified atom stereocenters. The molecule has 2 aliphatic heterocycles. The van der Waals surface area contributed by atoms with E-state index in [2.05, 4.69) is 9.88 Å². The van der Waals surface area contributed by atoms with Crippen molar-refractivity contribution in [1.82, 2.24) is 19.7 Å². The molecule has 2 amide bonds. The van der Waals surface area contributed by atoms with Crippen molar-refractivity contribution in [2.45, 2.75) is 12.8 Å². The molecule has 0 saturated carbocycles. The molecule has 32 heavy (non-hydrogen) atoms. The number of nitrogens with zero attached hydrogens (tertiary/aromatic N) is 4. The lowest BCUT2D eigenvalue weighted by Crippen LogP contribution is -2.48. The van der Waals surface area contributed by atoms with Gasteiger partial charge < -0.3 is 14.5 Å². The highest BCUT2D eigenvalue weighted by atomic mass is 19.1. The van der Waals surface area contributed by atoms with E-state index in [1.54, 1.807) is 6.20 Å². The highest BCUT2D eigenvalue weighted by molar-refractivity contribution is 5.94. The number of hydrogen-bond acceptors (Lipinski definition) is 5. The number of pyridine rings is 1. The Morgan fingerprint density at radius 1 is 0.875 bits per heavy atom. The summed E-state index contributed by atoms with van der Waals surface area (Å²) in [5.41, 5.74) is 2.23. The number of halogens is 1. The van der Waals surface area contributed by atoms with Gasteiger partial charge in [-0.15, -0.1) is 0 Å². The van der Waals surface area contributed by atoms with Crippen LogP contribution in [0.2, 0.25) is 0 Å². The second kappa shape index (κ2) is 10.7. The summed E-state index contributed by atoms with van der Waals surface area (Å²) in [5, 5.41) is 0. The molecule has 0 aliphatic carbocycles. The molecular weight excluding hydrogens is 411 g/mol. The van der Waals surface area contributed by atoms with Gasteiger partial charge in [0.05, 0.1) is 18.8 Å². The molecule has 7 nitrogen and oxygen atoms in total. The molecule has 2 aliphatic rings. The summed E-state index contributed by atoms with van der Waals surface area (Å²) >= 11 is 0.